The second kappa shape index (κ2) is 7.84. The monoisotopic (exact) mass is 342 g/mol. The van der Waals surface area contributed by atoms with E-state index in [0.717, 1.165) is 19.3 Å². The number of halogens is 2. The molecule has 1 aromatic rings. The topological polar surface area (TPSA) is 58.2 Å². The van der Waals surface area contributed by atoms with E-state index in [9.17, 15) is 9.59 Å². The molecular formula is C16H20Cl2N2O2. The molecule has 2 rings (SSSR count). The maximum absolute atomic E-state index is 12.0. The summed E-state index contributed by atoms with van der Waals surface area (Å²) in [5.41, 5.74) is 0.383. The van der Waals surface area contributed by atoms with E-state index in [1.165, 1.54) is 12.5 Å². The van der Waals surface area contributed by atoms with Gasteiger partial charge in [-0.2, -0.15) is 0 Å². The Bertz CT molecular complexity index is 563. The molecule has 6 heteroatoms. The summed E-state index contributed by atoms with van der Waals surface area (Å²) in [6, 6.07) is 4.83. The summed E-state index contributed by atoms with van der Waals surface area (Å²) >= 11 is 11.7. The van der Waals surface area contributed by atoms with Crippen LogP contribution >= 0.6 is 23.2 Å². The van der Waals surface area contributed by atoms with Crippen molar-refractivity contribution >= 4 is 35.0 Å². The highest BCUT2D eigenvalue weighted by Gasteiger charge is 2.22. The van der Waals surface area contributed by atoms with Crippen molar-refractivity contribution in [1.82, 2.24) is 10.6 Å². The standard InChI is InChI=1S/C16H20Cl2N2O2/c1-10-4-2-3-5-14(10)20-15(21)9-19-16(22)11-6-7-12(17)13(18)8-11/h6-8,10,14H,2-5,9H2,1H3,(H,19,22)(H,20,21)/t10-,14-/m1/s1. The van der Waals surface area contributed by atoms with Gasteiger partial charge >= 0.3 is 0 Å². The molecule has 0 aliphatic heterocycles. The fourth-order valence-corrected chi connectivity index (χ4v) is 2.99. The maximum atomic E-state index is 12.0. The highest BCUT2D eigenvalue weighted by molar-refractivity contribution is 6.42. The Morgan fingerprint density at radius 3 is 2.59 bits per heavy atom. The fourth-order valence-electron chi connectivity index (χ4n) is 2.69. The molecule has 4 nitrogen and oxygen atoms in total. The number of hydrogen-bond donors (Lipinski definition) is 2. The van der Waals surface area contributed by atoms with E-state index in [-0.39, 0.29) is 24.4 Å². The predicted molar refractivity (Wildman–Crippen MR) is 88.4 cm³/mol. The number of carbonyl (C=O) groups is 2. The van der Waals surface area contributed by atoms with Gasteiger partial charge in [0.05, 0.1) is 16.6 Å². The minimum atomic E-state index is -0.342. The molecule has 1 fully saturated rings. The van der Waals surface area contributed by atoms with Crippen LogP contribution in [0.1, 0.15) is 43.0 Å². The fraction of sp³-hybridized carbons (Fsp3) is 0.500. The summed E-state index contributed by atoms with van der Waals surface area (Å²) in [7, 11) is 0. The third-order valence-corrected chi connectivity index (χ3v) is 4.79. The average molecular weight is 343 g/mol. The van der Waals surface area contributed by atoms with Crippen molar-refractivity contribution in [2.24, 2.45) is 5.92 Å². The normalized spacial score (nSPS) is 21.2. The molecule has 0 saturated heterocycles. The average Bonchev–Trinajstić information content (AvgIpc) is 2.50. The first-order chi connectivity index (χ1) is 10.5. The number of hydrogen-bond acceptors (Lipinski definition) is 2. The van der Waals surface area contributed by atoms with Crippen LogP contribution in [0.3, 0.4) is 0 Å². The van der Waals surface area contributed by atoms with Gasteiger partial charge in [0.2, 0.25) is 5.91 Å². The number of rotatable bonds is 4. The van der Waals surface area contributed by atoms with Gasteiger partial charge in [-0.1, -0.05) is 43.0 Å². The largest absolute Gasteiger partial charge is 0.352 e. The van der Waals surface area contributed by atoms with Crippen molar-refractivity contribution in [2.75, 3.05) is 6.54 Å². The molecule has 120 valence electrons. The van der Waals surface area contributed by atoms with Gasteiger partial charge in [0.25, 0.3) is 5.91 Å². The van der Waals surface area contributed by atoms with Crippen molar-refractivity contribution in [2.45, 2.75) is 38.6 Å². The van der Waals surface area contributed by atoms with Crippen LogP contribution in [0, 0.1) is 5.92 Å². The number of carbonyl (C=O) groups excluding carboxylic acids is 2. The molecule has 2 atom stereocenters. The van der Waals surface area contributed by atoms with Crippen molar-refractivity contribution in [3.8, 4) is 0 Å². The lowest BCUT2D eigenvalue weighted by atomic mass is 9.86. The summed E-state index contributed by atoms with van der Waals surface area (Å²) in [6.45, 7) is 2.11. The molecule has 22 heavy (non-hydrogen) atoms. The molecule has 1 aromatic carbocycles. The van der Waals surface area contributed by atoms with Crippen molar-refractivity contribution in [1.29, 1.82) is 0 Å². The lowest BCUT2D eigenvalue weighted by Gasteiger charge is -2.29. The maximum Gasteiger partial charge on any atom is 0.251 e. The molecule has 1 aliphatic rings. The van der Waals surface area contributed by atoms with E-state index < -0.39 is 0 Å². The van der Waals surface area contributed by atoms with Gasteiger partial charge in [0, 0.05) is 11.6 Å². The van der Waals surface area contributed by atoms with Gasteiger partial charge in [0.1, 0.15) is 0 Å². The molecule has 2 amide bonds. The van der Waals surface area contributed by atoms with E-state index in [4.69, 9.17) is 23.2 Å². The Morgan fingerprint density at radius 2 is 1.91 bits per heavy atom. The van der Waals surface area contributed by atoms with Crippen LogP contribution in [0.15, 0.2) is 18.2 Å². The third-order valence-electron chi connectivity index (χ3n) is 4.05. The lowest BCUT2D eigenvalue weighted by Crippen LogP contribution is -2.45. The van der Waals surface area contributed by atoms with E-state index >= 15 is 0 Å². The van der Waals surface area contributed by atoms with Crippen LogP contribution in [-0.4, -0.2) is 24.4 Å². The number of amides is 2. The van der Waals surface area contributed by atoms with E-state index in [1.54, 1.807) is 12.1 Å². The van der Waals surface area contributed by atoms with Crippen LogP contribution in [0.2, 0.25) is 10.0 Å². The molecule has 1 saturated carbocycles. The number of benzene rings is 1. The predicted octanol–water partition coefficient (Wildman–Crippen LogP) is 3.42. The lowest BCUT2D eigenvalue weighted by molar-refractivity contribution is -0.121. The van der Waals surface area contributed by atoms with Crippen LogP contribution in [0.25, 0.3) is 0 Å². The Labute approximate surface area is 140 Å². The SMILES string of the molecule is C[C@@H]1CCCC[C@H]1NC(=O)CNC(=O)c1ccc(Cl)c(Cl)c1. The molecule has 0 bridgehead atoms. The van der Waals surface area contributed by atoms with Gasteiger partial charge in [-0.05, 0) is 37.0 Å². The van der Waals surface area contributed by atoms with Gasteiger partial charge < -0.3 is 10.6 Å². The smallest absolute Gasteiger partial charge is 0.251 e. The molecule has 1 aliphatic carbocycles. The molecule has 0 radical (unpaired) electrons. The number of nitrogens with one attached hydrogen (secondary N) is 2. The van der Waals surface area contributed by atoms with Crippen LogP contribution in [0.5, 0.6) is 0 Å². The molecule has 0 unspecified atom stereocenters. The Hall–Kier alpha value is -1.26. The summed E-state index contributed by atoms with van der Waals surface area (Å²) in [5.74, 6) is -0.0129. The first kappa shape index (κ1) is 17.1. The summed E-state index contributed by atoms with van der Waals surface area (Å²) in [5, 5.41) is 6.30. The third kappa shape index (κ3) is 4.62. The molecule has 0 spiro atoms. The highest BCUT2D eigenvalue weighted by atomic mass is 35.5. The molecule has 0 heterocycles. The molecular weight excluding hydrogens is 323 g/mol. The first-order valence-corrected chi connectivity index (χ1v) is 8.25. The van der Waals surface area contributed by atoms with E-state index in [1.807, 2.05) is 0 Å². The zero-order valence-electron chi connectivity index (χ0n) is 12.5. The van der Waals surface area contributed by atoms with Crippen LogP contribution < -0.4 is 10.6 Å². The first-order valence-electron chi connectivity index (χ1n) is 7.50. The highest BCUT2D eigenvalue weighted by Crippen LogP contribution is 2.24. The second-order valence-electron chi connectivity index (χ2n) is 5.75. The van der Waals surface area contributed by atoms with Crippen molar-refractivity contribution in [3.05, 3.63) is 33.8 Å². The summed E-state index contributed by atoms with van der Waals surface area (Å²) in [6.07, 6.45) is 4.51. The van der Waals surface area contributed by atoms with Crippen molar-refractivity contribution < 1.29 is 9.59 Å². The zero-order valence-corrected chi connectivity index (χ0v) is 14.0. The quantitative estimate of drug-likeness (QED) is 0.880. The Morgan fingerprint density at radius 1 is 1.18 bits per heavy atom. The summed E-state index contributed by atoms with van der Waals surface area (Å²) < 4.78 is 0. The Balaban J connectivity index is 1.82. The van der Waals surface area contributed by atoms with Crippen LogP contribution in [-0.2, 0) is 4.79 Å². The minimum Gasteiger partial charge on any atom is -0.352 e. The van der Waals surface area contributed by atoms with Gasteiger partial charge in [-0.15, -0.1) is 0 Å². The summed E-state index contributed by atoms with van der Waals surface area (Å²) in [4.78, 5) is 23.9. The molecule has 0 aromatic heterocycles. The van der Waals surface area contributed by atoms with Crippen molar-refractivity contribution in [3.63, 3.8) is 0 Å². The van der Waals surface area contributed by atoms with Crippen LogP contribution in [0.4, 0.5) is 0 Å². The second-order valence-corrected chi connectivity index (χ2v) is 6.56. The van der Waals surface area contributed by atoms with Gasteiger partial charge in [0.15, 0.2) is 0 Å². The zero-order chi connectivity index (χ0) is 16.1. The van der Waals surface area contributed by atoms with E-state index in [2.05, 4.69) is 17.6 Å². The minimum absolute atomic E-state index is 0.0394. The van der Waals surface area contributed by atoms with E-state index in [0.29, 0.717) is 21.5 Å². The molecule has 2 N–H and O–H groups in total. The Kier molecular flexibility index (Phi) is 6.09. The van der Waals surface area contributed by atoms with Gasteiger partial charge in [-0.25, -0.2) is 0 Å². The van der Waals surface area contributed by atoms with Gasteiger partial charge in [-0.3, -0.25) is 9.59 Å².